The summed E-state index contributed by atoms with van der Waals surface area (Å²) in [5, 5.41) is 0. The van der Waals surface area contributed by atoms with Crippen LogP contribution in [0.2, 0.25) is 0 Å². The van der Waals surface area contributed by atoms with Crippen LogP contribution in [0.25, 0.3) is 11.1 Å². The molecular weight excluding hydrogens is 218 g/mol. The quantitative estimate of drug-likeness (QED) is 0.845. The summed E-state index contributed by atoms with van der Waals surface area (Å²) in [6.07, 6.45) is 2.92. The van der Waals surface area contributed by atoms with E-state index < -0.39 is 5.54 Å². The first-order valence-corrected chi connectivity index (χ1v) is 5.50. The van der Waals surface area contributed by atoms with Crippen molar-refractivity contribution in [1.82, 2.24) is 4.98 Å². The van der Waals surface area contributed by atoms with Gasteiger partial charge in [0.2, 0.25) is 5.91 Å². The standard InChI is InChI=1S/C12H13N3O2/c1-15(11(16)12(13)4-5-12)8-2-3-9-10(6-8)17-7-14-9/h2-3,6-7H,4-5,13H2,1H3. The third kappa shape index (κ3) is 1.59. The molecule has 1 fully saturated rings. The minimum absolute atomic E-state index is 0.0450. The normalized spacial score (nSPS) is 17.1. The lowest BCUT2D eigenvalue weighted by Crippen LogP contribution is -2.43. The van der Waals surface area contributed by atoms with Crippen LogP contribution < -0.4 is 10.6 Å². The monoisotopic (exact) mass is 231 g/mol. The van der Waals surface area contributed by atoms with E-state index in [1.54, 1.807) is 18.0 Å². The Balaban J connectivity index is 1.94. The number of amides is 1. The van der Waals surface area contributed by atoms with Gasteiger partial charge in [0, 0.05) is 18.8 Å². The topological polar surface area (TPSA) is 72.4 Å². The molecule has 17 heavy (non-hydrogen) atoms. The first-order chi connectivity index (χ1) is 8.10. The number of nitrogens with zero attached hydrogens (tertiary/aromatic N) is 2. The molecular formula is C12H13N3O2. The van der Waals surface area contributed by atoms with Gasteiger partial charge in [-0.05, 0) is 25.0 Å². The van der Waals surface area contributed by atoms with Crippen molar-refractivity contribution in [3.63, 3.8) is 0 Å². The van der Waals surface area contributed by atoms with Crippen molar-refractivity contribution in [3.05, 3.63) is 24.6 Å². The van der Waals surface area contributed by atoms with E-state index >= 15 is 0 Å². The fraction of sp³-hybridized carbons (Fsp3) is 0.333. The lowest BCUT2D eigenvalue weighted by molar-refractivity contribution is -0.120. The van der Waals surface area contributed by atoms with Crippen LogP contribution in [0.3, 0.4) is 0 Å². The highest BCUT2D eigenvalue weighted by Gasteiger charge is 2.47. The van der Waals surface area contributed by atoms with E-state index in [1.165, 1.54) is 6.39 Å². The van der Waals surface area contributed by atoms with Gasteiger partial charge in [-0.15, -0.1) is 0 Å². The van der Waals surface area contributed by atoms with Gasteiger partial charge in [0.1, 0.15) is 5.52 Å². The van der Waals surface area contributed by atoms with Crippen LogP contribution in [-0.2, 0) is 4.79 Å². The van der Waals surface area contributed by atoms with E-state index in [9.17, 15) is 4.79 Å². The molecule has 0 unspecified atom stereocenters. The molecule has 5 nitrogen and oxygen atoms in total. The minimum atomic E-state index is -0.648. The molecule has 1 aromatic carbocycles. The second-order valence-corrected chi connectivity index (χ2v) is 4.52. The number of fused-ring (bicyclic) bond motifs is 1. The van der Waals surface area contributed by atoms with Crippen molar-refractivity contribution in [2.75, 3.05) is 11.9 Å². The zero-order valence-corrected chi connectivity index (χ0v) is 9.51. The number of aromatic nitrogens is 1. The molecule has 2 aromatic rings. The fourth-order valence-electron chi connectivity index (χ4n) is 1.85. The predicted octanol–water partition coefficient (Wildman–Crippen LogP) is 1.28. The van der Waals surface area contributed by atoms with Crippen LogP contribution in [0.4, 0.5) is 5.69 Å². The second kappa shape index (κ2) is 3.30. The van der Waals surface area contributed by atoms with Gasteiger partial charge in [0.05, 0.1) is 5.54 Å². The Bertz CT molecular complexity index is 586. The predicted molar refractivity (Wildman–Crippen MR) is 63.6 cm³/mol. The molecule has 1 aromatic heterocycles. The molecule has 0 aliphatic heterocycles. The third-order valence-corrected chi connectivity index (χ3v) is 3.22. The van der Waals surface area contributed by atoms with Gasteiger partial charge in [0.15, 0.2) is 12.0 Å². The first kappa shape index (κ1) is 10.3. The zero-order valence-electron chi connectivity index (χ0n) is 9.51. The Morgan fingerprint density at radius 2 is 2.29 bits per heavy atom. The molecule has 0 saturated heterocycles. The van der Waals surface area contributed by atoms with E-state index in [-0.39, 0.29) is 5.91 Å². The van der Waals surface area contributed by atoms with E-state index in [1.807, 2.05) is 12.1 Å². The van der Waals surface area contributed by atoms with Crippen LogP contribution in [0.15, 0.2) is 29.0 Å². The molecule has 2 N–H and O–H groups in total. The third-order valence-electron chi connectivity index (χ3n) is 3.22. The number of nitrogens with two attached hydrogens (primary N) is 1. The number of hydrogen-bond donors (Lipinski definition) is 1. The van der Waals surface area contributed by atoms with Crippen molar-refractivity contribution >= 4 is 22.7 Å². The molecule has 1 heterocycles. The number of benzene rings is 1. The van der Waals surface area contributed by atoms with Gasteiger partial charge in [-0.25, -0.2) is 4.98 Å². The fourth-order valence-corrected chi connectivity index (χ4v) is 1.85. The number of oxazole rings is 1. The number of anilines is 1. The van der Waals surface area contributed by atoms with Crippen LogP contribution in [-0.4, -0.2) is 23.5 Å². The van der Waals surface area contributed by atoms with Crippen molar-refractivity contribution in [1.29, 1.82) is 0 Å². The lowest BCUT2D eigenvalue weighted by atomic mass is 10.2. The Morgan fingerprint density at radius 1 is 1.53 bits per heavy atom. The molecule has 1 saturated carbocycles. The molecule has 1 aliphatic carbocycles. The largest absolute Gasteiger partial charge is 0.443 e. The molecule has 0 spiro atoms. The molecule has 0 bridgehead atoms. The SMILES string of the molecule is CN(C(=O)C1(N)CC1)c1ccc2ncoc2c1. The molecule has 3 rings (SSSR count). The number of likely N-dealkylation sites (N-methyl/N-ethyl adjacent to an activating group) is 1. The number of rotatable bonds is 2. The van der Waals surface area contributed by atoms with Gasteiger partial charge in [-0.1, -0.05) is 0 Å². The summed E-state index contributed by atoms with van der Waals surface area (Å²) in [6.45, 7) is 0. The highest BCUT2D eigenvalue weighted by Crippen LogP contribution is 2.35. The van der Waals surface area contributed by atoms with Crippen molar-refractivity contribution in [3.8, 4) is 0 Å². The second-order valence-electron chi connectivity index (χ2n) is 4.52. The maximum Gasteiger partial charge on any atom is 0.246 e. The summed E-state index contributed by atoms with van der Waals surface area (Å²) in [6, 6.07) is 5.47. The van der Waals surface area contributed by atoms with E-state index in [0.29, 0.717) is 5.58 Å². The van der Waals surface area contributed by atoms with Gasteiger partial charge >= 0.3 is 0 Å². The minimum Gasteiger partial charge on any atom is -0.443 e. The zero-order chi connectivity index (χ0) is 12.0. The number of carbonyl (C=O) groups excluding carboxylic acids is 1. The van der Waals surface area contributed by atoms with E-state index in [0.717, 1.165) is 24.0 Å². The Hall–Kier alpha value is -1.88. The summed E-state index contributed by atoms with van der Waals surface area (Å²) < 4.78 is 5.21. The summed E-state index contributed by atoms with van der Waals surface area (Å²) in [5.74, 6) is -0.0450. The number of hydrogen-bond acceptors (Lipinski definition) is 4. The Labute approximate surface area is 98.2 Å². The molecule has 5 heteroatoms. The molecule has 0 radical (unpaired) electrons. The van der Waals surface area contributed by atoms with Crippen LogP contribution in [0.5, 0.6) is 0 Å². The smallest absolute Gasteiger partial charge is 0.246 e. The Morgan fingerprint density at radius 3 is 3.00 bits per heavy atom. The maximum absolute atomic E-state index is 12.1. The molecule has 0 atom stereocenters. The average molecular weight is 231 g/mol. The van der Waals surface area contributed by atoms with Crippen LogP contribution in [0, 0.1) is 0 Å². The lowest BCUT2D eigenvalue weighted by Gasteiger charge is -2.20. The maximum atomic E-state index is 12.1. The molecule has 1 amide bonds. The van der Waals surface area contributed by atoms with Gasteiger partial charge in [0.25, 0.3) is 0 Å². The first-order valence-electron chi connectivity index (χ1n) is 5.50. The van der Waals surface area contributed by atoms with Crippen molar-refractivity contribution in [2.24, 2.45) is 5.73 Å². The van der Waals surface area contributed by atoms with E-state index in [4.69, 9.17) is 10.2 Å². The Kier molecular flexibility index (Phi) is 2.00. The molecule has 88 valence electrons. The van der Waals surface area contributed by atoms with Gasteiger partial charge in [-0.3, -0.25) is 4.79 Å². The summed E-state index contributed by atoms with van der Waals surface area (Å²) in [7, 11) is 1.73. The number of carbonyl (C=O) groups is 1. The molecule has 1 aliphatic rings. The average Bonchev–Trinajstić information content (AvgIpc) is 2.93. The summed E-state index contributed by atoms with van der Waals surface area (Å²) in [4.78, 5) is 17.7. The highest BCUT2D eigenvalue weighted by molar-refractivity contribution is 6.02. The van der Waals surface area contributed by atoms with Crippen LogP contribution >= 0.6 is 0 Å². The summed E-state index contributed by atoms with van der Waals surface area (Å²) >= 11 is 0. The summed E-state index contributed by atoms with van der Waals surface area (Å²) in [5.41, 5.74) is 7.47. The van der Waals surface area contributed by atoms with E-state index in [2.05, 4.69) is 4.98 Å². The van der Waals surface area contributed by atoms with Gasteiger partial charge < -0.3 is 15.1 Å². The van der Waals surface area contributed by atoms with Crippen molar-refractivity contribution in [2.45, 2.75) is 18.4 Å². The van der Waals surface area contributed by atoms with Crippen LogP contribution in [0.1, 0.15) is 12.8 Å². The highest BCUT2D eigenvalue weighted by atomic mass is 16.3. The van der Waals surface area contributed by atoms with Crippen molar-refractivity contribution < 1.29 is 9.21 Å². The van der Waals surface area contributed by atoms with Gasteiger partial charge in [-0.2, -0.15) is 0 Å².